The maximum absolute atomic E-state index is 12.2. The summed E-state index contributed by atoms with van der Waals surface area (Å²) in [4.78, 5) is 27.1. The number of aromatic amines is 1. The third-order valence-electron chi connectivity index (χ3n) is 5.37. The van der Waals surface area contributed by atoms with Crippen molar-refractivity contribution in [1.29, 1.82) is 0 Å². The second kappa shape index (κ2) is 8.46. The Balaban J connectivity index is 1.45. The van der Waals surface area contributed by atoms with Gasteiger partial charge in [0.05, 0.1) is 11.0 Å². The number of aromatic nitrogens is 2. The highest BCUT2D eigenvalue weighted by atomic mass is 16.2. The summed E-state index contributed by atoms with van der Waals surface area (Å²) in [5.41, 5.74) is 4.10. The number of H-pyrrole nitrogens is 1. The zero-order valence-electron chi connectivity index (χ0n) is 16.9. The van der Waals surface area contributed by atoms with Gasteiger partial charge in [0.15, 0.2) is 0 Å². The van der Waals surface area contributed by atoms with Crippen LogP contribution in [-0.4, -0.2) is 22.0 Å². The van der Waals surface area contributed by atoms with E-state index in [-0.39, 0.29) is 17.0 Å². The molecule has 28 heavy (non-hydrogen) atoms. The fourth-order valence-corrected chi connectivity index (χ4v) is 3.46. The maximum atomic E-state index is 12.2. The van der Waals surface area contributed by atoms with E-state index >= 15 is 0 Å². The van der Waals surface area contributed by atoms with Crippen molar-refractivity contribution in [2.75, 3.05) is 6.54 Å². The summed E-state index contributed by atoms with van der Waals surface area (Å²) >= 11 is 0. The summed E-state index contributed by atoms with van der Waals surface area (Å²) in [7, 11) is 0. The molecule has 0 fully saturated rings. The van der Waals surface area contributed by atoms with Gasteiger partial charge in [-0.3, -0.25) is 9.36 Å². The minimum atomic E-state index is -0.104. The summed E-state index contributed by atoms with van der Waals surface area (Å²) in [6.07, 6.45) is 2.01. The maximum Gasteiger partial charge on any atom is 0.326 e. The van der Waals surface area contributed by atoms with Crippen molar-refractivity contribution >= 4 is 16.9 Å². The normalized spacial score (nSPS) is 11.7. The lowest BCUT2D eigenvalue weighted by Gasteiger charge is -2.25. The van der Waals surface area contributed by atoms with Crippen LogP contribution in [0.5, 0.6) is 0 Å². The van der Waals surface area contributed by atoms with Crippen molar-refractivity contribution in [3.8, 4) is 0 Å². The smallest absolute Gasteiger partial charge is 0.326 e. The number of para-hydroxylation sites is 2. The van der Waals surface area contributed by atoms with E-state index in [0.29, 0.717) is 19.5 Å². The van der Waals surface area contributed by atoms with Gasteiger partial charge in [-0.15, -0.1) is 0 Å². The molecular formula is C23H29N3O2. The Labute approximate surface area is 165 Å². The molecule has 5 heteroatoms. The standard InChI is InChI=1S/C23H29N3O2/c1-17-9-11-18(12-10-17)23(2,3)14-13-21(27)24-15-6-16-26-20-8-5-4-7-19(20)25-22(26)28/h4-5,7-12H,6,13-16H2,1-3H3,(H,24,27)(H,25,28). The van der Waals surface area contributed by atoms with Gasteiger partial charge in [0.2, 0.25) is 5.91 Å². The summed E-state index contributed by atoms with van der Waals surface area (Å²) in [6, 6.07) is 16.2. The monoisotopic (exact) mass is 379 g/mol. The highest BCUT2D eigenvalue weighted by Gasteiger charge is 2.21. The third kappa shape index (κ3) is 4.71. The number of carbonyl (C=O) groups is 1. The molecule has 3 aromatic rings. The van der Waals surface area contributed by atoms with Gasteiger partial charge in [-0.25, -0.2) is 4.79 Å². The number of rotatable bonds is 8. The van der Waals surface area contributed by atoms with Gasteiger partial charge in [0, 0.05) is 19.5 Å². The summed E-state index contributed by atoms with van der Waals surface area (Å²) < 4.78 is 1.72. The summed E-state index contributed by atoms with van der Waals surface area (Å²) in [6.45, 7) is 7.57. The molecule has 0 radical (unpaired) electrons. The number of imidazole rings is 1. The molecule has 0 saturated carbocycles. The first-order chi connectivity index (χ1) is 13.4. The number of aryl methyl sites for hydroxylation is 2. The Morgan fingerprint density at radius 2 is 1.82 bits per heavy atom. The van der Waals surface area contributed by atoms with Crippen molar-refractivity contribution in [1.82, 2.24) is 14.9 Å². The van der Waals surface area contributed by atoms with Crippen molar-refractivity contribution in [3.05, 3.63) is 70.1 Å². The van der Waals surface area contributed by atoms with Crippen molar-refractivity contribution in [2.24, 2.45) is 0 Å². The molecular weight excluding hydrogens is 350 g/mol. The van der Waals surface area contributed by atoms with Gasteiger partial charge in [-0.1, -0.05) is 55.8 Å². The van der Waals surface area contributed by atoms with E-state index in [1.807, 2.05) is 24.3 Å². The largest absolute Gasteiger partial charge is 0.356 e. The van der Waals surface area contributed by atoms with Crippen LogP contribution in [0.2, 0.25) is 0 Å². The number of fused-ring (bicyclic) bond motifs is 1. The van der Waals surface area contributed by atoms with E-state index in [1.54, 1.807) is 4.57 Å². The zero-order chi connectivity index (χ0) is 20.1. The lowest BCUT2D eigenvalue weighted by Crippen LogP contribution is -2.28. The highest BCUT2D eigenvalue weighted by Crippen LogP contribution is 2.28. The molecule has 1 aromatic heterocycles. The van der Waals surface area contributed by atoms with E-state index in [9.17, 15) is 9.59 Å². The van der Waals surface area contributed by atoms with E-state index in [0.717, 1.165) is 23.9 Å². The van der Waals surface area contributed by atoms with Crippen LogP contribution in [0.4, 0.5) is 0 Å². The minimum Gasteiger partial charge on any atom is -0.356 e. The average molecular weight is 380 g/mol. The average Bonchev–Trinajstić information content (AvgIpc) is 2.99. The topological polar surface area (TPSA) is 66.9 Å². The molecule has 0 aliphatic heterocycles. The van der Waals surface area contributed by atoms with Crippen molar-refractivity contribution < 1.29 is 4.79 Å². The predicted molar refractivity (Wildman–Crippen MR) is 114 cm³/mol. The first-order valence-corrected chi connectivity index (χ1v) is 9.88. The quantitative estimate of drug-likeness (QED) is 0.583. The summed E-state index contributed by atoms with van der Waals surface area (Å²) in [5.74, 6) is 0.0615. The van der Waals surface area contributed by atoms with Crippen molar-refractivity contribution in [2.45, 2.75) is 52.0 Å². The fourth-order valence-electron chi connectivity index (χ4n) is 3.46. The van der Waals surface area contributed by atoms with Gasteiger partial charge in [0.1, 0.15) is 0 Å². The van der Waals surface area contributed by atoms with Crippen molar-refractivity contribution in [3.63, 3.8) is 0 Å². The highest BCUT2D eigenvalue weighted by molar-refractivity contribution is 5.76. The van der Waals surface area contributed by atoms with Crippen LogP contribution in [0.25, 0.3) is 11.0 Å². The van der Waals surface area contributed by atoms with Crippen LogP contribution >= 0.6 is 0 Å². The van der Waals surface area contributed by atoms with Gasteiger partial charge >= 0.3 is 5.69 Å². The second-order valence-corrected chi connectivity index (χ2v) is 8.05. The number of hydrogen-bond acceptors (Lipinski definition) is 2. The number of amides is 1. The van der Waals surface area contributed by atoms with Gasteiger partial charge in [0.25, 0.3) is 0 Å². The molecule has 2 aromatic carbocycles. The molecule has 1 heterocycles. The van der Waals surface area contributed by atoms with Crippen LogP contribution in [-0.2, 0) is 16.8 Å². The van der Waals surface area contributed by atoms with E-state index in [4.69, 9.17) is 0 Å². The van der Waals surface area contributed by atoms with Crippen LogP contribution in [0.3, 0.4) is 0 Å². The lowest BCUT2D eigenvalue weighted by molar-refractivity contribution is -0.121. The third-order valence-corrected chi connectivity index (χ3v) is 5.37. The molecule has 0 atom stereocenters. The van der Waals surface area contributed by atoms with E-state index in [2.05, 4.69) is 55.3 Å². The molecule has 2 N–H and O–H groups in total. The first kappa shape index (κ1) is 19.9. The van der Waals surface area contributed by atoms with Crippen LogP contribution in [0.1, 0.15) is 44.2 Å². The Hall–Kier alpha value is -2.82. The molecule has 148 valence electrons. The van der Waals surface area contributed by atoms with Gasteiger partial charge < -0.3 is 10.3 Å². The number of nitrogens with one attached hydrogen (secondary N) is 2. The number of carbonyl (C=O) groups excluding carboxylic acids is 1. The molecule has 1 amide bonds. The number of benzene rings is 2. The first-order valence-electron chi connectivity index (χ1n) is 9.88. The Bertz CT molecular complexity index is 997. The second-order valence-electron chi connectivity index (χ2n) is 8.05. The van der Waals surface area contributed by atoms with Crippen LogP contribution < -0.4 is 11.0 Å². The predicted octanol–water partition coefficient (Wildman–Crippen LogP) is 3.90. The lowest BCUT2D eigenvalue weighted by atomic mass is 9.80. The molecule has 0 spiro atoms. The van der Waals surface area contributed by atoms with Gasteiger partial charge in [-0.05, 0) is 42.9 Å². The van der Waals surface area contributed by atoms with Gasteiger partial charge in [-0.2, -0.15) is 0 Å². The number of nitrogens with zero attached hydrogens (tertiary/aromatic N) is 1. The molecule has 0 aliphatic rings. The molecule has 0 aliphatic carbocycles. The Morgan fingerprint density at radius 3 is 2.57 bits per heavy atom. The van der Waals surface area contributed by atoms with E-state index in [1.165, 1.54) is 11.1 Å². The summed E-state index contributed by atoms with van der Waals surface area (Å²) in [5, 5.41) is 2.98. The Morgan fingerprint density at radius 1 is 1.11 bits per heavy atom. The molecule has 0 unspecified atom stereocenters. The van der Waals surface area contributed by atoms with Crippen LogP contribution in [0, 0.1) is 6.92 Å². The fraction of sp³-hybridized carbons (Fsp3) is 0.391. The van der Waals surface area contributed by atoms with E-state index < -0.39 is 0 Å². The minimum absolute atomic E-state index is 0.0393. The molecule has 0 saturated heterocycles. The van der Waals surface area contributed by atoms with Crippen LogP contribution in [0.15, 0.2) is 53.3 Å². The molecule has 0 bridgehead atoms. The molecule has 3 rings (SSSR count). The Kier molecular flexibility index (Phi) is 6.02. The zero-order valence-corrected chi connectivity index (χ0v) is 16.9. The number of hydrogen-bond donors (Lipinski definition) is 2. The molecule has 5 nitrogen and oxygen atoms in total. The SMILES string of the molecule is Cc1ccc(C(C)(C)CCC(=O)NCCCn2c(=O)[nH]c3ccccc32)cc1.